The Hall–Kier alpha value is -0.860. The molecule has 0 spiro atoms. The van der Waals surface area contributed by atoms with E-state index in [0.29, 0.717) is 6.10 Å². The lowest BCUT2D eigenvalue weighted by atomic mass is 10.0. The highest BCUT2D eigenvalue weighted by Crippen LogP contribution is 2.36. The van der Waals surface area contributed by atoms with Gasteiger partial charge in [-0.1, -0.05) is 29.8 Å². The first-order valence-electron chi connectivity index (χ1n) is 6.69. The van der Waals surface area contributed by atoms with Crippen molar-refractivity contribution in [3.8, 4) is 0 Å². The van der Waals surface area contributed by atoms with E-state index in [-0.39, 0.29) is 0 Å². The smallest absolute Gasteiger partial charge is 0.0720 e. The van der Waals surface area contributed by atoms with Crippen molar-refractivity contribution >= 4 is 0 Å². The van der Waals surface area contributed by atoms with Gasteiger partial charge in [-0.05, 0) is 50.3 Å². The molecule has 1 aliphatic carbocycles. The molecule has 1 heterocycles. The van der Waals surface area contributed by atoms with E-state index in [0.717, 1.165) is 18.4 Å². The summed E-state index contributed by atoms with van der Waals surface area (Å²) in [6, 6.07) is 8.62. The van der Waals surface area contributed by atoms with Crippen LogP contribution in [0.5, 0.6) is 0 Å². The maximum atomic E-state index is 6.05. The molecule has 1 aromatic carbocycles. The van der Waals surface area contributed by atoms with Gasteiger partial charge in [0, 0.05) is 0 Å². The van der Waals surface area contributed by atoms with Crippen LogP contribution in [-0.2, 0) is 11.3 Å². The molecule has 0 amide bonds. The number of hydrogen-bond donors (Lipinski definition) is 1. The Morgan fingerprint density at radius 3 is 2.71 bits per heavy atom. The SMILES string of the molecule is Cc1cccc(COC2C[C@H]3CNC[C@H]3C2)c1. The van der Waals surface area contributed by atoms with Crippen LogP contribution in [0.3, 0.4) is 0 Å². The van der Waals surface area contributed by atoms with E-state index in [1.54, 1.807) is 0 Å². The van der Waals surface area contributed by atoms with Crippen LogP contribution in [0.2, 0.25) is 0 Å². The van der Waals surface area contributed by atoms with Crippen LogP contribution in [0.1, 0.15) is 24.0 Å². The molecule has 92 valence electrons. The number of rotatable bonds is 3. The average Bonchev–Trinajstić information content (AvgIpc) is 2.86. The molecule has 17 heavy (non-hydrogen) atoms. The lowest BCUT2D eigenvalue weighted by Gasteiger charge is -2.13. The molecular weight excluding hydrogens is 210 g/mol. The van der Waals surface area contributed by atoms with Crippen LogP contribution in [-0.4, -0.2) is 19.2 Å². The van der Waals surface area contributed by atoms with Gasteiger partial charge in [0.05, 0.1) is 12.7 Å². The fourth-order valence-corrected chi connectivity index (χ4v) is 3.26. The largest absolute Gasteiger partial charge is 0.374 e. The molecular formula is C15H21NO. The van der Waals surface area contributed by atoms with Gasteiger partial charge in [-0.15, -0.1) is 0 Å². The van der Waals surface area contributed by atoms with Crippen LogP contribution in [0.4, 0.5) is 0 Å². The maximum absolute atomic E-state index is 6.05. The minimum atomic E-state index is 0.493. The predicted octanol–water partition coefficient (Wildman–Crippen LogP) is 2.51. The second-order valence-electron chi connectivity index (χ2n) is 5.57. The third-order valence-electron chi connectivity index (χ3n) is 4.18. The van der Waals surface area contributed by atoms with Crippen LogP contribution in [0.25, 0.3) is 0 Å². The van der Waals surface area contributed by atoms with Crippen LogP contribution in [0.15, 0.2) is 24.3 Å². The Morgan fingerprint density at radius 1 is 1.24 bits per heavy atom. The van der Waals surface area contributed by atoms with Crippen molar-refractivity contribution in [1.29, 1.82) is 0 Å². The summed E-state index contributed by atoms with van der Waals surface area (Å²) < 4.78 is 6.05. The van der Waals surface area contributed by atoms with Gasteiger partial charge in [-0.3, -0.25) is 0 Å². The molecule has 1 saturated heterocycles. The molecule has 0 aromatic heterocycles. The van der Waals surface area contributed by atoms with Gasteiger partial charge >= 0.3 is 0 Å². The first kappa shape index (κ1) is 11.2. The maximum Gasteiger partial charge on any atom is 0.0720 e. The number of aryl methyl sites for hydroxylation is 1. The fraction of sp³-hybridized carbons (Fsp3) is 0.600. The van der Waals surface area contributed by atoms with Crippen molar-refractivity contribution in [2.24, 2.45) is 11.8 Å². The van der Waals surface area contributed by atoms with Gasteiger partial charge < -0.3 is 10.1 Å². The third-order valence-corrected chi connectivity index (χ3v) is 4.18. The van der Waals surface area contributed by atoms with Crippen molar-refractivity contribution in [2.75, 3.05) is 13.1 Å². The molecule has 1 saturated carbocycles. The summed E-state index contributed by atoms with van der Waals surface area (Å²) >= 11 is 0. The normalized spacial score (nSPS) is 31.7. The van der Waals surface area contributed by atoms with Crippen molar-refractivity contribution < 1.29 is 4.74 Å². The summed E-state index contributed by atoms with van der Waals surface area (Å²) in [6.07, 6.45) is 3.00. The summed E-state index contributed by atoms with van der Waals surface area (Å²) in [6.45, 7) is 5.32. The van der Waals surface area contributed by atoms with Crippen molar-refractivity contribution in [3.63, 3.8) is 0 Å². The summed E-state index contributed by atoms with van der Waals surface area (Å²) in [5, 5.41) is 3.47. The number of ether oxygens (including phenoxy) is 1. The minimum absolute atomic E-state index is 0.493. The lowest BCUT2D eigenvalue weighted by Crippen LogP contribution is -2.16. The zero-order valence-electron chi connectivity index (χ0n) is 10.5. The van der Waals surface area contributed by atoms with Gasteiger partial charge in [0.2, 0.25) is 0 Å². The minimum Gasteiger partial charge on any atom is -0.374 e. The molecule has 1 unspecified atom stereocenters. The molecule has 1 aromatic rings. The summed E-state index contributed by atoms with van der Waals surface area (Å²) in [5.41, 5.74) is 2.62. The highest BCUT2D eigenvalue weighted by Gasteiger charge is 2.37. The average molecular weight is 231 g/mol. The predicted molar refractivity (Wildman–Crippen MR) is 68.8 cm³/mol. The quantitative estimate of drug-likeness (QED) is 0.863. The van der Waals surface area contributed by atoms with E-state index < -0.39 is 0 Å². The Kier molecular flexibility index (Phi) is 3.17. The molecule has 2 aliphatic rings. The van der Waals surface area contributed by atoms with Crippen LogP contribution >= 0.6 is 0 Å². The molecule has 3 atom stereocenters. The zero-order valence-corrected chi connectivity index (χ0v) is 10.5. The van der Waals surface area contributed by atoms with E-state index in [4.69, 9.17) is 4.74 Å². The topological polar surface area (TPSA) is 21.3 Å². The number of fused-ring (bicyclic) bond motifs is 1. The molecule has 2 nitrogen and oxygen atoms in total. The second-order valence-corrected chi connectivity index (χ2v) is 5.57. The Balaban J connectivity index is 1.52. The Morgan fingerprint density at radius 2 is 2.00 bits per heavy atom. The van der Waals surface area contributed by atoms with E-state index in [1.807, 2.05) is 0 Å². The van der Waals surface area contributed by atoms with E-state index in [2.05, 4.69) is 36.5 Å². The summed E-state index contributed by atoms with van der Waals surface area (Å²) in [4.78, 5) is 0. The van der Waals surface area contributed by atoms with Crippen LogP contribution < -0.4 is 5.32 Å². The lowest BCUT2D eigenvalue weighted by molar-refractivity contribution is 0.0404. The molecule has 2 fully saturated rings. The van der Waals surface area contributed by atoms with Crippen molar-refractivity contribution in [1.82, 2.24) is 5.32 Å². The first-order chi connectivity index (χ1) is 8.31. The fourth-order valence-electron chi connectivity index (χ4n) is 3.26. The molecule has 1 aliphatic heterocycles. The zero-order chi connectivity index (χ0) is 11.7. The molecule has 0 radical (unpaired) electrons. The van der Waals surface area contributed by atoms with E-state index in [1.165, 1.54) is 37.1 Å². The number of benzene rings is 1. The monoisotopic (exact) mass is 231 g/mol. The third kappa shape index (κ3) is 2.53. The van der Waals surface area contributed by atoms with Crippen molar-refractivity contribution in [3.05, 3.63) is 35.4 Å². The number of hydrogen-bond acceptors (Lipinski definition) is 2. The van der Waals surface area contributed by atoms with E-state index in [9.17, 15) is 0 Å². The van der Waals surface area contributed by atoms with Crippen LogP contribution in [0, 0.1) is 18.8 Å². The van der Waals surface area contributed by atoms with Gasteiger partial charge in [0.1, 0.15) is 0 Å². The first-order valence-corrected chi connectivity index (χ1v) is 6.69. The Bertz CT molecular complexity index is 378. The van der Waals surface area contributed by atoms with Gasteiger partial charge in [0.25, 0.3) is 0 Å². The van der Waals surface area contributed by atoms with Gasteiger partial charge in [-0.2, -0.15) is 0 Å². The van der Waals surface area contributed by atoms with Gasteiger partial charge in [-0.25, -0.2) is 0 Å². The molecule has 1 N–H and O–H groups in total. The standard InChI is InChI=1S/C15H21NO/c1-11-3-2-4-12(5-11)10-17-15-6-13-8-16-9-14(13)7-15/h2-5,13-16H,6-10H2,1H3/t13-,14+,15?. The second kappa shape index (κ2) is 4.79. The molecule has 3 rings (SSSR count). The molecule has 2 heteroatoms. The van der Waals surface area contributed by atoms with Crippen molar-refractivity contribution in [2.45, 2.75) is 32.5 Å². The highest BCUT2D eigenvalue weighted by molar-refractivity contribution is 5.21. The van der Waals surface area contributed by atoms with Gasteiger partial charge in [0.15, 0.2) is 0 Å². The summed E-state index contributed by atoms with van der Waals surface area (Å²) in [5.74, 6) is 1.75. The Labute approximate surface area is 103 Å². The molecule has 0 bridgehead atoms. The highest BCUT2D eigenvalue weighted by atomic mass is 16.5. The summed E-state index contributed by atoms with van der Waals surface area (Å²) in [7, 11) is 0. The van der Waals surface area contributed by atoms with E-state index >= 15 is 0 Å². The number of nitrogens with one attached hydrogen (secondary N) is 1.